The van der Waals surface area contributed by atoms with Crippen molar-refractivity contribution >= 4 is 34.2 Å². The number of halogens is 1. The van der Waals surface area contributed by atoms with Crippen LogP contribution in [-0.4, -0.2) is 29.7 Å². The van der Waals surface area contributed by atoms with Crippen LogP contribution in [0, 0.1) is 0 Å². The second kappa shape index (κ2) is 4.96. The Labute approximate surface area is 116 Å². The lowest BCUT2D eigenvalue weighted by Gasteiger charge is -2.17. The van der Waals surface area contributed by atoms with E-state index in [4.69, 9.17) is 17.3 Å². The summed E-state index contributed by atoms with van der Waals surface area (Å²) in [6.45, 7) is 2.52. The van der Waals surface area contributed by atoms with E-state index in [1.54, 1.807) is 11.8 Å². The molecule has 2 N–H and O–H groups in total. The average molecular weight is 280 g/mol. The number of benzene rings is 1. The van der Waals surface area contributed by atoms with Gasteiger partial charge in [0, 0.05) is 16.5 Å². The molecule has 2 aliphatic heterocycles. The summed E-state index contributed by atoms with van der Waals surface area (Å²) < 4.78 is 0. The Morgan fingerprint density at radius 3 is 2.83 bits per heavy atom. The van der Waals surface area contributed by atoms with Crippen LogP contribution in [0.15, 0.2) is 34.2 Å². The van der Waals surface area contributed by atoms with E-state index in [-0.39, 0.29) is 0 Å². The van der Waals surface area contributed by atoms with E-state index >= 15 is 0 Å². The minimum Gasteiger partial charge on any atom is -0.330 e. The lowest BCUT2D eigenvalue weighted by molar-refractivity contribution is 0.646. The molecule has 1 aromatic carbocycles. The Morgan fingerprint density at radius 1 is 1.33 bits per heavy atom. The van der Waals surface area contributed by atoms with E-state index in [1.807, 2.05) is 12.1 Å². The maximum atomic E-state index is 5.95. The van der Waals surface area contributed by atoms with Crippen LogP contribution in [0.4, 0.5) is 0 Å². The molecule has 3 rings (SSSR count). The summed E-state index contributed by atoms with van der Waals surface area (Å²) >= 11 is 7.70. The molecule has 5 heteroatoms. The third-order valence-corrected chi connectivity index (χ3v) is 4.47. The van der Waals surface area contributed by atoms with Gasteiger partial charge in [0.15, 0.2) is 5.17 Å². The monoisotopic (exact) mass is 279 g/mol. The van der Waals surface area contributed by atoms with E-state index in [0.29, 0.717) is 6.54 Å². The Morgan fingerprint density at radius 2 is 2.11 bits per heavy atom. The first-order valence-electron chi connectivity index (χ1n) is 5.98. The standard InChI is InChI=1S/C13H14ClN3S/c14-10-3-1-9(2-4-10)12-11(5-6-15)18-13-16-7-8-17(12)13/h1-4H,5-8,15H2. The molecule has 94 valence electrons. The fourth-order valence-corrected chi connectivity index (χ4v) is 3.60. The number of rotatable bonds is 3. The van der Waals surface area contributed by atoms with Gasteiger partial charge in [0.25, 0.3) is 0 Å². The van der Waals surface area contributed by atoms with E-state index < -0.39 is 0 Å². The summed E-state index contributed by atoms with van der Waals surface area (Å²) in [7, 11) is 0. The second-order valence-corrected chi connectivity index (χ2v) is 5.73. The molecular weight excluding hydrogens is 266 g/mol. The first kappa shape index (κ1) is 12.1. The molecule has 0 atom stereocenters. The van der Waals surface area contributed by atoms with Crippen molar-refractivity contribution in [1.82, 2.24) is 4.90 Å². The third-order valence-electron chi connectivity index (χ3n) is 3.04. The van der Waals surface area contributed by atoms with Gasteiger partial charge in [-0.1, -0.05) is 35.5 Å². The molecule has 0 radical (unpaired) electrons. The Kier molecular flexibility index (Phi) is 3.33. The zero-order valence-corrected chi connectivity index (χ0v) is 11.5. The molecule has 0 aliphatic carbocycles. The highest BCUT2D eigenvalue weighted by molar-refractivity contribution is 8.17. The number of hydrogen-bond acceptors (Lipinski definition) is 4. The lowest BCUT2D eigenvalue weighted by Crippen LogP contribution is -2.20. The molecule has 0 bridgehead atoms. The molecule has 0 spiro atoms. The molecule has 2 aliphatic rings. The van der Waals surface area contributed by atoms with E-state index in [0.717, 1.165) is 29.7 Å². The fourth-order valence-electron chi connectivity index (χ4n) is 2.26. The maximum absolute atomic E-state index is 5.95. The van der Waals surface area contributed by atoms with Crippen molar-refractivity contribution < 1.29 is 0 Å². The minimum absolute atomic E-state index is 0.667. The molecule has 18 heavy (non-hydrogen) atoms. The van der Waals surface area contributed by atoms with Crippen LogP contribution in [0.1, 0.15) is 12.0 Å². The normalized spacial score (nSPS) is 18.3. The van der Waals surface area contributed by atoms with Gasteiger partial charge in [-0.2, -0.15) is 0 Å². The van der Waals surface area contributed by atoms with Crippen molar-refractivity contribution in [1.29, 1.82) is 0 Å². The summed E-state index contributed by atoms with van der Waals surface area (Å²) in [5.41, 5.74) is 8.16. The Bertz CT molecular complexity index is 522. The molecule has 0 saturated carbocycles. The van der Waals surface area contributed by atoms with E-state index in [2.05, 4.69) is 22.0 Å². The molecule has 0 saturated heterocycles. The van der Waals surface area contributed by atoms with Crippen LogP contribution in [-0.2, 0) is 0 Å². The van der Waals surface area contributed by atoms with Gasteiger partial charge < -0.3 is 10.6 Å². The van der Waals surface area contributed by atoms with Gasteiger partial charge in [-0.25, -0.2) is 0 Å². The fraction of sp³-hybridized carbons (Fsp3) is 0.308. The molecule has 2 heterocycles. The van der Waals surface area contributed by atoms with Gasteiger partial charge >= 0.3 is 0 Å². The van der Waals surface area contributed by atoms with Crippen LogP contribution >= 0.6 is 23.4 Å². The zero-order chi connectivity index (χ0) is 12.5. The highest BCUT2D eigenvalue weighted by Gasteiger charge is 2.32. The number of hydrogen-bond donors (Lipinski definition) is 1. The Balaban J connectivity index is 2.01. The van der Waals surface area contributed by atoms with Crippen LogP contribution in [0.25, 0.3) is 5.70 Å². The first-order valence-corrected chi connectivity index (χ1v) is 7.18. The molecule has 0 amide bonds. The van der Waals surface area contributed by atoms with E-state index in [9.17, 15) is 0 Å². The smallest absolute Gasteiger partial charge is 0.168 e. The van der Waals surface area contributed by atoms with E-state index in [1.165, 1.54) is 16.2 Å². The first-order chi connectivity index (χ1) is 8.79. The van der Waals surface area contributed by atoms with Crippen LogP contribution in [0.5, 0.6) is 0 Å². The number of amidine groups is 1. The summed E-state index contributed by atoms with van der Waals surface area (Å²) in [6.07, 6.45) is 0.901. The SMILES string of the molecule is NCCC1=C(c2ccc(Cl)cc2)N2CCN=C2S1. The van der Waals surface area contributed by atoms with Gasteiger partial charge in [-0.05, 0) is 30.7 Å². The quantitative estimate of drug-likeness (QED) is 0.925. The van der Waals surface area contributed by atoms with Gasteiger partial charge in [0.2, 0.25) is 0 Å². The average Bonchev–Trinajstić information content (AvgIpc) is 2.91. The molecule has 3 nitrogen and oxygen atoms in total. The van der Waals surface area contributed by atoms with Crippen LogP contribution in [0.2, 0.25) is 5.02 Å². The van der Waals surface area contributed by atoms with Gasteiger partial charge in [0.05, 0.1) is 12.2 Å². The third kappa shape index (κ3) is 2.05. The number of nitrogens with two attached hydrogens (primary N) is 1. The zero-order valence-electron chi connectivity index (χ0n) is 9.90. The van der Waals surface area contributed by atoms with Gasteiger partial charge in [-0.3, -0.25) is 4.99 Å². The molecular formula is C13H14ClN3S. The van der Waals surface area contributed by atoms with Crippen molar-refractivity contribution in [3.63, 3.8) is 0 Å². The molecule has 0 aromatic heterocycles. The number of nitrogens with zero attached hydrogens (tertiary/aromatic N) is 2. The summed E-state index contributed by atoms with van der Waals surface area (Å²) in [5, 5.41) is 1.88. The summed E-state index contributed by atoms with van der Waals surface area (Å²) in [6, 6.07) is 7.99. The maximum Gasteiger partial charge on any atom is 0.168 e. The molecule has 1 aromatic rings. The van der Waals surface area contributed by atoms with Crippen molar-refractivity contribution in [2.75, 3.05) is 19.6 Å². The van der Waals surface area contributed by atoms with Crippen molar-refractivity contribution in [2.45, 2.75) is 6.42 Å². The Hall–Kier alpha value is -0.970. The van der Waals surface area contributed by atoms with Crippen LogP contribution in [0.3, 0.4) is 0 Å². The second-order valence-electron chi connectivity index (χ2n) is 4.24. The topological polar surface area (TPSA) is 41.6 Å². The number of fused-ring (bicyclic) bond motifs is 1. The molecule has 0 unspecified atom stereocenters. The number of thioether (sulfide) groups is 1. The molecule has 0 fully saturated rings. The highest BCUT2D eigenvalue weighted by Crippen LogP contribution is 2.42. The predicted octanol–water partition coefficient (Wildman–Crippen LogP) is 2.78. The van der Waals surface area contributed by atoms with Gasteiger partial charge in [0.1, 0.15) is 0 Å². The summed E-state index contributed by atoms with van der Waals surface area (Å²) in [5.74, 6) is 0. The number of aliphatic imine (C=N–C) groups is 1. The minimum atomic E-state index is 0.667. The van der Waals surface area contributed by atoms with Gasteiger partial charge in [-0.15, -0.1) is 0 Å². The lowest BCUT2D eigenvalue weighted by atomic mass is 10.1. The highest BCUT2D eigenvalue weighted by atomic mass is 35.5. The van der Waals surface area contributed by atoms with Crippen molar-refractivity contribution in [3.05, 3.63) is 39.8 Å². The van der Waals surface area contributed by atoms with Crippen molar-refractivity contribution in [3.8, 4) is 0 Å². The van der Waals surface area contributed by atoms with Crippen molar-refractivity contribution in [2.24, 2.45) is 10.7 Å². The van der Waals surface area contributed by atoms with Crippen LogP contribution < -0.4 is 5.73 Å². The predicted molar refractivity (Wildman–Crippen MR) is 78.6 cm³/mol. The largest absolute Gasteiger partial charge is 0.330 e. The summed E-state index contributed by atoms with van der Waals surface area (Å²) in [4.78, 5) is 8.13.